The highest BCUT2D eigenvalue weighted by Gasteiger charge is 2.37. The second-order valence-corrected chi connectivity index (χ2v) is 9.34. The van der Waals surface area contributed by atoms with Crippen LogP contribution in [-0.4, -0.2) is 48.0 Å². The summed E-state index contributed by atoms with van der Waals surface area (Å²) in [5.74, 6) is -0.946. The molecule has 0 spiro atoms. The zero-order valence-corrected chi connectivity index (χ0v) is 23.1. The predicted octanol–water partition coefficient (Wildman–Crippen LogP) is 5.89. The minimum Gasteiger partial charge on any atom is -0.452 e. The molecule has 208 valence electrons. The van der Waals surface area contributed by atoms with Crippen LogP contribution in [0.25, 0.3) is 0 Å². The highest BCUT2D eigenvalue weighted by molar-refractivity contribution is 5.84. The molecular weight excluding hydrogens is 466 g/mol. The summed E-state index contributed by atoms with van der Waals surface area (Å²) in [6.07, 6.45) is 31.2. The second kappa shape index (κ2) is 23.7. The van der Waals surface area contributed by atoms with Crippen molar-refractivity contribution in [2.45, 2.75) is 84.7 Å². The standard InChI is InChI=1S/C31H49NO5/c1-4-5-6-7-8-9-10-11-12-13-14-15-16-17-18-19-20-21-22-24-28(35)37-29(31(2,3)27-34)30(36)32-25-23-26-33/h5-6,8-9,11-12,14-15,17-18,20-21,29,33-34H,4,7,10,13,16,19,22-27H2,1-3H3,(H,32,36)/b6-5+,9-8+,12-11+,15-14+,18-17+,21-20+. The lowest BCUT2D eigenvalue weighted by atomic mass is 9.86. The van der Waals surface area contributed by atoms with Gasteiger partial charge in [-0.3, -0.25) is 9.59 Å². The number of nitrogens with one attached hydrogen (secondary N) is 1. The average Bonchev–Trinajstić information content (AvgIpc) is 2.88. The fourth-order valence-electron chi connectivity index (χ4n) is 3.07. The van der Waals surface area contributed by atoms with Crippen LogP contribution in [0, 0.1) is 5.41 Å². The average molecular weight is 516 g/mol. The quantitative estimate of drug-likeness (QED) is 0.101. The Hall–Kier alpha value is -2.70. The van der Waals surface area contributed by atoms with Gasteiger partial charge in [0.1, 0.15) is 0 Å². The number of allylic oxidation sites excluding steroid dienone is 12. The van der Waals surface area contributed by atoms with E-state index >= 15 is 0 Å². The summed E-state index contributed by atoms with van der Waals surface area (Å²) in [6, 6.07) is 0. The zero-order chi connectivity index (χ0) is 27.6. The van der Waals surface area contributed by atoms with Crippen LogP contribution >= 0.6 is 0 Å². The molecule has 0 aromatic carbocycles. The van der Waals surface area contributed by atoms with Gasteiger partial charge in [0.2, 0.25) is 0 Å². The van der Waals surface area contributed by atoms with Gasteiger partial charge in [0.15, 0.2) is 6.10 Å². The van der Waals surface area contributed by atoms with Gasteiger partial charge in [0.25, 0.3) is 5.91 Å². The Balaban J connectivity index is 4.11. The third-order valence-electron chi connectivity index (χ3n) is 5.35. The summed E-state index contributed by atoms with van der Waals surface area (Å²) in [6.45, 7) is 5.42. The van der Waals surface area contributed by atoms with E-state index in [0.717, 1.165) is 38.5 Å². The van der Waals surface area contributed by atoms with Crippen LogP contribution in [0.2, 0.25) is 0 Å². The monoisotopic (exact) mass is 515 g/mol. The van der Waals surface area contributed by atoms with E-state index in [0.29, 0.717) is 12.8 Å². The largest absolute Gasteiger partial charge is 0.452 e. The van der Waals surface area contributed by atoms with Gasteiger partial charge < -0.3 is 20.3 Å². The molecule has 0 aliphatic rings. The number of esters is 1. The van der Waals surface area contributed by atoms with Crippen molar-refractivity contribution in [1.82, 2.24) is 5.32 Å². The van der Waals surface area contributed by atoms with Crippen LogP contribution in [0.3, 0.4) is 0 Å². The number of carbonyl (C=O) groups excluding carboxylic acids is 2. The van der Waals surface area contributed by atoms with Crippen LogP contribution in [0.4, 0.5) is 0 Å². The Labute approximate surface area is 224 Å². The molecule has 0 saturated heterocycles. The fraction of sp³-hybridized carbons (Fsp3) is 0.548. The number of ether oxygens (including phenoxy) is 1. The topological polar surface area (TPSA) is 95.9 Å². The summed E-state index contributed by atoms with van der Waals surface area (Å²) in [4.78, 5) is 24.6. The Bertz CT molecular complexity index is 774. The Morgan fingerprint density at radius 2 is 1.24 bits per heavy atom. The summed E-state index contributed by atoms with van der Waals surface area (Å²) < 4.78 is 5.40. The number of rotatable bonds is 21. The molecule has 1 atom stereocenters. The molecular formula is C31H49NO5. The molecule has 0 saturated carbocycles. The van der Waals surface area contributed by atoms with E-state index < -0.39 is 23.4 Å². The summed E-state index contributed by atoms with van der Waals surface area (Å²) in [7, 11) is 0. The Kier molecular flexibility index (Phi) is 22.0. The highest BCUT2D eigenvalue weighted by atomic mass is 16.5. The fourth-order valence-corrected chi connectivity index (χ4v) is 3.07. The Morgan fingerprint density at radius 1 is 0.784 bits per heavy atom. The van der Waals surface area contributed by atoms with E-state index in [2.05, 4.69) is 73.0 Å². The van der Waals surface area contributed by atoms with Crippen LogP contribution in [0.5, 0.6) is 0 Å². The van der Waals surface area contributed by atoms with Gasteiger partial charge in [0, 0.05) is 25.0 Å². The van der Waals surface area contributed by atoms with E-state index in [1.165, 1.54) is 0 Å². The van der Waals surface area contributed by atoms with E-state index in [1.54, 1.807) is 13.8 Å². The molecule has 37 heavy (non-hydrogen) atoms. The van der Waals surface area contributed by atoms with E-state index in [1.807, 2.05) is 12.2 Å². The molecule has 6 heteroatoms. The normalized spacial score (nSPS) is 13.8. The van der Waals surface area contributed by atoms with Crippen LogP contribution in [0.15, 0.2) is 72.9 Å². The van der Waals surface area contributed by atoms with Crippen LogP contribution in [0.1, 0.15) is 78.6 Å². The molecule has 0 rings (SSSR count). The maximum absolute atomic E-state index is 12.4. The number of hydrogen-bond acceptors (Lipinski definition) is 5. The van der Waals surface area contributed by atoms with Crippen molar-refractivity contribution >= 4 is 11.9 Å². The third-order valence-corrected chi connectivity index (χ3v) is 5.35. The van der Waals surface area contributed by atoms with Gasteiger partial charge >= 0.3 is 5.97 Å². The molecule has 0 aromatic rings. The zero-order valence-electron chi connectivity index (χ0n) is 23.1. The van der Waals surface area contributed by atoms with Crippen molar-refractivity contribution in [2.75, 3.05) is 19.8 Å². The number of aliphatic hydroxyl groups is 2. The molecule has 0 fully saturated rings. The molecule has 0 heterocycles. The summed E-state index contributed by atoms with van der Waals surface area (Å²) in [5.41, 5.74) is -0.909. The summed E-state index contributed by atoms with van der Waals surface area (Å²) >= 11 is 0. The van der Waals surface area contributed by atoms with E-state index in [-0.39, 0.29) is 26.2 Å². The first kappa shape index (κ1) is 34.3. The van der Waals surface area contributed by atoms with Crippen molar-refractivity contribution in [2.24, 2.45) is 5.41 Å². The molecule has 3 N–H and O–H groups in total. The SMILES string of the molecule is CC/C=C/C/C=C/C/C=C/C/C=C/C/C=C/C/C=C/CCC(=O)OC(C(=O)NCCCO)C(C)(C)CO. The first-order valence-electron chi connectivity index (χ1n) is 13.5. The van der Waals surface area contributed by atoms with Gasteiger partial charge in [-0.05, 0) is 51.4 Å². The van der Waals surface area contributed by atoms with E-state index in [9.17, 15) is 14.7 Å². The lowest BCUT2D eigenvalue weighted by molar-refractivity contribution is -0.165. The number of aliphatic hydroxyl groups excluding tert-OH is 2. The highest BCUT2D eigenvalue weighted by Crippen LogP contribution is 2.23. The van der Waals surface area contributed by atoms with E-state index in [4.69, 9.17) is 9.84 Å². The van der Waals surface area contributed by atoms with Gasteiger partial charge in [-0.25, -0.2) is 0 Å². The van der Waals surface area contributed by atoms with Gasteiger partial charge in [-0.1, -0.05) is 93.7 Å². The molecule has 0 aromatic heterocycles. The molecule has 1 amide bonds. The third kappa shape index (κ3) is 20.1. The lowest BCUT2D eigenvalue weighted by Crippen LogP contribution is -2.48. The van der Waals surface area contributed by atoms with Crippen molar-refractivity contribution < 1.29 is 24.5 Å². The minimum absolute atomic E-state index is 0.0416. The predicted molar refractivity (Wildman–Crippen MR) is 153 cm³/mol. The first-order valence-corrected chi connectivity index (χ1v) is 13.5. The second-order valence-electron chi connectivity index (χ2n) is 9.34. The molecule has 0 radical (unpaired) electrons. The molecule has 6 nitrogen and oxygen atoms in total. The smallest absolute Gasteiger partial charge is 0.306 e. The molecule has 1 unspecified atom stereocenters. The number of amides is 1. The minimum atomic E-state index is -1.09. The first-order chi connectivity index (χ1) is 17.9. The summed E-state index contributed by atoms with van der Waals surface area (Å²) in [5, 5.41) is 21.1. The Morgan fingerprint density at radius 3 is 1.68 bits per heavy atom. The van der Waals surface area contributed by atoms with Crippen molar-refractivity contribution in [3.8, 4) is 0 Å². The van der Waals surface area contributed by atoms with Gasteiger partial charge in [0.05, 0.1) is 6.61 Å². The molecule has 0 aliphatic carbocycles. The van der Waals surface area contributed by atoms with Gasteiger partial charge in [-0.2, -0.15) is 0 Å². The maximum atomic E-state index is 12.4. The van der Waals surface area contributed by atoms with Crippen LogP contribution in [-0.2, 0) is 14.3 Å². The number of carbonyl (C=O) groups is 2. The van der Waals surface area contributed by atoms with Gasteiger partial charge in [-0.15, -0.1) is 0 Å². The lowest BCUT2D eigenvalue weighted by Gasteiger charge is -2.31. The van der Waals surface area contributed by atoms with Crippen LogP contribution < -0.4 is 5.32 Å². The molecule has 0 aliphatic heterocycles. The van der Waals surface area contributed by atoms with Crippen molar-refractivity contribution in [3.05, 3.63) is 72.9 Å². The molecule has 0 bridgehead atoms. The maximum Gasteiger partial charge on any atom is 0.306 e. The van der Waals surface area contributed by atoms with Crippen molar-refractivity contribution in [1.29, 1.82) is 0 Å². The van der Waals surface area contributed by atoms with Crippen molar-refractivity contribution in [3.63, 3.8) is 0 Å². The number of hydrogen-bond donors (Lipinski definition) is 3.